The van der Waals surface area contributed by atoms with Gasteiger partial charge in [-0.15, -0.1) is 6.58 Å². The molecular formula is C6H7IN2. The van der Waals surface area contributed by atoms with Crippen molar-refractivity contribution in [3.05, 3.63) is 28.4 Å². The summed E-state index contributed by atoms with van der Waals surface area (Å²) in [5.41, 5.74) is 1.14. The first-order valence-corrected chi connectivity index (χ1v) is 3.71. The smallest absolute Gasteiger partial charge is 0.122 e. The third kappa shape index (κ3) is 1.54. The highest BCUT2D eigenvalue weighted by Gasteiger charge is 1.96. The SMILES string of the molecule is C=CCc1[nH]cnc1I. The third-order valence-electron chi connectivity index (χ3n) is 1.01. The summed E-state index contributed by atoms with van der Waals surface area (Å²) in [6, 6.07) is 0. The molecule has 0 aromatic carbocycles. The zero-order valence-electron chi connectivity index (χ0n) is 4.89. The predicted molar refractivity (Wildman–Crippen MR) is 45.2 cm³/mol. The molecule has 0 spiro atoms. The van der Waals surface area contributed by atoms with E-state index in [9.17, 15) is 0 Å². The summed E-state index contributed by atoms with van der Waals surface area (Å²) in [5.74, 6) is 0. The topological polar surface area (TPSA) is 28.7 Å². The molecule has 0 fully saturated rings. The molecule has 0 saturated carbocycles. The lowest BCUT2D eigenvalue weighted by molar-refractivity contribution is 1.14. The van der Waals surface area contributed by atoms with E-state index in [1.54, 1.807) is 6.33 Å². The Bertz CT molecular complexity index is 205. The van der Waals surface area contributed by atoms with Gasteiger partial charge in [0.1, 0.15) is 3.70 Å². The van der Waals surface area contributed by atoms with Gasteiger partial charge in [-0.2, -0.15) is 0 Å². The second-order valence-corrected chi connectivity index (χ2v) is 2.69. The number of nitrogens with one attached hydrogen (secondary N) is 1. The Morgan fingerprint density at radius 1 is 1.89 bits per heavy atom. The number of halogens is 1. The molecule has 0 atom stereocenters. The van der Waals surface area contributed by atoms with Crippen molar-refractivity contribution in [2.75, 3.05) is 0 Å². The summed E-state index contributed by atoms with van der Waals surface area (Å²) in [6.45, 7) is 3.63. The molecule has 3 heteroatoms. The number of hydrogen-bond acceptors (Lipinski definition) is 1. The van der Waals surface area contributed by atoms with Crippen molar-refractivity contribution in [2.45, 2.75) is 6.42 Å². The van der Waals surface area contributed by atoms with Crippen LogP contribution in [0.15, 0.2) is 19.0 Å². The molecule has 1 rings (SSSR count). The van der Waals surface area contributed by atoms with Crippen molar-refractivity contribution in [3.8, 4) is 0 Å². The second kappa shape index (κ2) is 3.00. The van der Waals surface area contributed by atoms with Gasteiger partial charge in [-0.3, -0.25) is 0 Å². The highest BCUT2D eigenvalue weighted by molar-refractivity contribution is 14.1. The van der Waals surface area contributed by atoms with Crippen molar-refractivity contribution in [1.29, 1.82) is 0 Å². The minimum Gasteiger partial charge on any atom is -0.347 e. The number of aromatic amines is 1. The Morgan fingerprint density at radius 3 is 3.11 bits per heavy atom. The first kappa shape index (κ1) is 6.80. The van der Waals surface area contributed by atoms with E-state index >= 15 is 0 Å². The monoisotopic (exact) mass is 234 g/mol. The van der Waals surface area contributed by atoms with Crippen molar-refractivity contribution >= 4 is 22.6 Å². The largest absolute Gasteiger partial charge is 0.347 e. The van der Waals surface area contributed by atoms with Gasteiger partial charge < -0.3 is 4.98 Å². The van der Waals surface area contributed by atoms with Crippen molar-refractivity contribution < 1.29 is 0 Å². The van der Waals surface area contributed by atoms with E-state index in [0.717, 1.165) is 15.8 Å². The number of allylic oxidation sites excluding steroid dienone is 1. The number of imidazole rings is 1. The second-order valence-electron chi connectivity index (χ2n) is 1.66. The summed E-state index contributed by atoms with van der Waals surface area (Å²) < 4.78 is 1.03. The van der Waals surface area contributed by atoms with Crippen LogP contribution in [0, 0.1) is 3.70 Å². The van der Waals surface area contributed by atoms with E-state index in [-0.39, 0.29) is 0 Å². The zero-order valence-corrected chi connectivity index (χ0v) is 7.05. The molecule has 9 heavy (non-hydrogen) atoms. The average molecular weight is 234 g/mol. The van der Waals surface area contributed by atoms with Crippen LogP contribution in [0.1, 0.15) is 5.69 Å². The Kier molecular flexibility index (Phi) is 2.27. The lowest BCUT2D eigenvalue weighted by atomic mass is 10.3. The van der Waals surface area contributed by atoms with Gasteiger partial charge in [0.05, 0.1) is 12.0 Å². The molecule has 48 valence electrons. The molecule has 0 aliphatic rings. The van der Waals surface area contributed by atoms with Gasteiger partial charge in [0.2, 0.25) is 0 Å². The third-order valence-corrected chi connectivity index (χ3v) is 1.94. The maximum Gasteiger partial charge on any atom is 0.122 e. The molecule has 0 bridgehead atoms. The highest BCUT2D eigenvalue weighted by atomic mass is 127. The first-order valence-electron chi connectivity index (χ1n) is 2.63. The molecule has 0 radical (unpaired) electrons. The molecule has 0 unspecified atom stereocenters. The van der Waals surface area contributed by atoms with Crippen LogP contribution in [0.2, 0.25) is 0 Å². The summed E-state index contributed by atoms with van der Waals surface area (Å²) in [6.07, 6.45) is 4.43. The molecule has 2 nitrogen and oxygen atoms in total. The van der Waals surface area contributed by atoms with E-state index in [1.165, 1.54) is 0 Å². The fraction of sp³-hybridized carbons (Fsp3) is 0.167. The van der Waals surface area contributed by atoms with Gasteiger partial charge in [-0.05, 0) is 22.6 Å². The molecule has 1 aromatic heterocycles. The average Bonchev–Trinajstić information content (AvgIpc) is 2.18. The minimum absolute atomic E-state index is 0.873. The number of aromatic nitrogens is 2. The summed E-state index contributed by atoms with van der Waals surface area (Å²) in [5, 5.41) is 0. The molecule has 0 saturated heterocycles. The maximum absolute atomic E-state index is 4.02. The molecule has 1 heterocycles. The number of nitrogens with zero attached hydrogens (tertiary/aromatic N) is 1. The Hall–Kier alpha value is -0.320. The van der Waals surface area contributed by atoms with Crippen LogP contribution in [-0.4, -0.2) is 9.97 Å². The Labute approximate surface area is 67.5 Å². The van der Waals surface area contributed by atoms with Gasteiger partial charge in [0, 0.05) is 6.42 Å². The minimum atomic E-state index is 0.873. The van der Waals surface area contributed by atoms with Crippen LogP contribution in [0.3, 0.4) is 0 Å². The number of rotatable bonds is 2. The molecule has 1 aromatic rings. The standard InChI is InChI=1S/C6H7IN2/c1-2-3-5-6(7)9-4-8-5/h2,4H,1,3H2,(H,8,9). The summed E-state index contributed by atoms with van der Waals surface area (Å²) in [4.78, 5) is 7.04. The van der Waals surface area contributed by atoms with Crippen LogP contribution in [-0.2, 0) is 6.42 Å². The van der Waals surface area contributed by atoms with Crippen LogP contribution < -0.4 is 0 Å². The lowest BCUT2D eigenvalue weighted by Crippen LogP contribution is -1.82. The van der Waals surface area contributed by atoms with E-state index < -0.39 is 0 Å². The predicted octanol–water partition coefficient (Wildman–Crippen LogP) is 1.74. The van der Waals surface area contributed by atoms with Gasteiger partial charge in [-0.1, -0.05) is 6.08 Å². The van der Waals surface area contributed by atoms with E-state index in [2.05, 4.69) is 39.1 Å². The fourth-order valence-electron chi connectivity index (χ4n) is 0.592. The molecule has 1 N–H and O–H groups in total. The highest BCUT2D eigenvalue weighted by Crippen LogP contribution is 2.05. The molecule has 0 aliphatic carbocycles. The van der Waals surface area contributed by atoms with Gasteiger partial charge in [0.15, 0.2) is 0 Å². The van der Waals surface area contributed by atoms with Crippen molar-refractivity contribution in [1.82, 2.24) is 9.97 Å². The van der Waals surface area contributed by atoms with Crippen molar-refractivity contribution in [3.63, 3.8) is 0 Å². The summed E-state index contributed by atoms with van der Waals surface area (Å²) >= 11 is 2.19. The number of hydrogen-bond donors (Lipinski definition) is 1. The van der Waals surface area contributed by atoms with E-state index in [0.29, 0.717) is 0 Å². The van der Waals surface area contributed by atoms with Crippen LogP contribution in [0.5, 0.6) is 0 Å². The van der Waals surface area contributed by atoms with Crippen LogP contribution in [0.4, 0.5) is 0 Å². The maximum atomic E-state index is 4.02. The van der Waals surface area contributed by atoms with E-state index in [1.807, 2.05) is 6.08 Å². The first-order chi connectivity index (χ1) is 4.34. The molecular weight excluding hydrogens is 227 g/mol. The van der Waals surface area contributed by atoms with Crippen LogP contribution in [0.25, 0.3) is 0 Å². The van der Waals surface area contributed by atoms with Gasteiger partial charge in [-0.25, -0.2) is 4.98 Å². The van der Waals surface area contributed by atoms with Gasteiger partial charge in [0.25, 0.3) is 0 Å². The Morgan fingerprint density at radius 2 is 2.67 bits per heavy atom. The molecule has 0 amide bonds. The quantitative estimate of drug-likeness (QED) is 0.612. The van der Waals surface area contributed by atoms with Crippen LogP contribution >= 0.6 is 22.6 Å². The zero-order chi connectivity index (χ0) is 6.69. The normalized spacial score (nSPS) is 9.44. The lowest BCUT2D eigenvalue weighted by Gasteiger charge is -1.87. The fourth-order valence-corrected chi connectivity index (χ4v) is 1.11. The van der Waals surface area contributed by atoms with E-state index in [4.69, 9.17) is 0 Å². The molecule has 0 aliphatic heterocycles. The Balaban J connectivity index is 2.80. The summed E-state index contributed by atoms with van der Waals surface area (Å²) in [7, 11) is 0. The number of H-pyrrole nitrogens is 1. The van der Waals surface area contributed by atoms with Crippen molar-refractivity contribution in [2.24, 2.45) is 0 Å². The van der Waals surface area contributed by atoms with Gasteiger partial charge >= 0.3 is 0 Å².